The molecule has 122 valence electrons. The number of benzene rings is 1. The predicted molar refractivity (Wildman–Crippen MR) is 93.0 cm³/mol. The van der Waals surface area contributed by atoms with Crippen molar-refractivity contribution in [2.24, 2.45) is 0 Å². The van der Waals surface area contributed by atoms with Crippen LogP contribution in [-0.2, 0) is 16.0 Å². The molecule has 0 saturated carbocycles. The van der Waals surface area contributed by atoms with Gasteiger partial charge in [0.05, 0.1) is 18.9 Å². The van der Waals surface area contributed by atoms with E-state index in [2.05, 4.69) is 39.9 Å². The molecule has 1 aliphatic heterocycles. The zero-order valence-corrected chi connectivity index (χ0v) is 14.1. The van der Waals surface area contributed by atoms with E-state index in [4.69, 9.17) is 9.72 Å². The van der Waals surface area contributed by atoms with Gasteiger partial charge < -0.3 is 15.0 Å². The van der Waals surface area contributed by atoms with E-state index in [1.165, 1.54) is 12.5 Å². The monoisotopic (exact) mass is 331 g/mol. The van der Waals surface area contributed by atoms with Crippen molar-refractivity contribution in [3.05, 3.63) is 35.2 Å². The number of thiazole rings is 1. The molecule has 5 nitrogen and oxygen atoms in total. The van der Waals surface area contributed by atoms with Crippen LogP contribution in [0.25, 0.3) is 11.3 Å². The minimum Gasteiger partial charge on any atom is -0.378 e. The van der Waals surface area contributed by atoms with Gasteiger partial charge in [0, 0.05) is 37.5 Å². The number of amides is 1. The van der Waals surface area contributed by atoms with Crippen LogP contribution in [-0.4, -0.2) is 43.7 Å². The lowest BCUT2D eigenvalue weighted by molar-refractivity contribution is -0.118. The van der Waals surface area contributed by atoms with Gasteiger partial charge in [0.15, 0.2) is 5.13 Å². The Hall–Kier alpha value is -1.92. The molecule has 0 aliphatic carbocycles. The van der Waals surface area contributed by atoms with E-state index in [1.54, 1.807) is 11.3 Å². The van der Waals surface area contributed by atoms with E-state index in [9.17, 15) is 4.79 Å². The smallest absolute Gasteiger partial charge is 0.216 e. The molecular formula is C17H21N3O2S. The van der Waals surface area contributed by atoms with Gasteiger partial charge in [-0.05, 0) is 12.0 Å². The van der Waals surface area contributed by atoms with Crippen molar-refractivity contribution in [3.8, 4) is 11.3 Å². The first kappa shape index (κ1) is 16.0. The molecule has 6 heteroatoms. The molecule has 2 heterocycles. The highest BCUT2D eigenvalue weighted by atomic mass is 32.1. The van der Waals surface area contributed by atoms with Gasteiger partial charge in [-0.2, -0.15) is 0 Å². The first-order valence-electron chi connectivity index (χ1n) is 7.84. The zero-order chi connectivity index (χ0) is 16.1. The van der Waals surface area contributed by atoms with Crippen molar-refractivity contribution in [1.29, 1.82) is 0 Å². The van der Waals surface area contributed by atoms with Crippen LogP contribution in [0.4, 0.5) is 5.13 Å². The molecule has 0 radical (unpaired) electrons. The molecule has 1 N–H and O–H groups in total. The van der Waals surface area contributed by atoms with Crippen LogP contribution in [0.2, 0.25) is 0 Å². The van der Waals surface area contributed by atoms with Gasteiger partial charge in [-0.3, -0.25) is 4.79 Å². The van der Waals surface area contributed by atoms with Crippen molar-refractivity contribution in [1.82, 2.24) is 10.3 Å². The highest BCUT2D eigenvalue weighted by molar-refractivity contribution is 7.14. The lowest BCUT2D eigenvalue weighted by Gasteiger charge is -2.26. The summed E-state index contributed by atoms with van der Waals surface area (Å²) in [5.74, 6) is 0.0136. The van der Waals surface area contributed by atoms with E-state index < -0.39 is 0 Å². The lowest BCUT2D eigenvalue weighted by atomic mass is 10.1. The zero-order valence-electron chi connectivity index (χ0n) is 13.2. The van der Waals surface area contributed by atoms with Crippen LogP contribution in [0.1, 0.15) is 12.5 Å². The average Bonchev–Trinajstić information content (AvgIpc) is 3.06. The van der Waals surface area contributed by atoms with Crippen LogP contribution < -0.4 is 10.2 Å². The van der Waals surface area contributed by atoms with Gasteiger partial charge in [0.2, 0.25) is 5.91 Å². The van der Waals surface area contributed by atoms with E-state index in [1.807, 2.05) is 0 Å². The average molecular weight is 331 g/mol. The second-order valence-corrected chi connectivity index (χ2v) is 6.38. The van der Waals surface area contributed by atoms with Gasteiger partial charge in [-0.15, -0.1) is 11.3 Å². The van der Waals surface area contributed by atoms with Crippen molar-refractivity contribution in [3.63, 3.8) is 0 Å². The number of hydrogen-bond donors (Lipinski definition) is 1. The van der Waals surface area contributed by atoms with Crippen LogP contribution in [0.5, 0.6) is 0 Å². The molecule has 1 aromatic carbocycles. The Morgan fingerprint density at radius 1 is 1.30 bits per heavy atom. The molecule has 1 fully saturated rings. The summed E-state index contributed by atoms with van der Waals surface area (Å²) in [4.78, 5) is 17.9. The van der Waals surface area contributed by atoms with E-state index >= 15 is 0 Å². The van der Waals surface area contributed by atoms with Gasteiger partial charge in [0.1, 0.15) is 0 Å². The summed E-state index contributed by atoms with van der Waals surface area (Å²) in [7, 11) is 0. The fourth-order valence-corrected chi connectivity index (χ4v) is 3.41. The van der Waals surface area contributed by atoms with Crippen LogP contribution in [0, 0.1) is 0 Å². The third kappa shape index (κ3) is 4.30. The molecule has 0 atom stereocenters. The Morgan fingerprint density at radius 2 is 2.04 bits per heavy atom. The van der Waals surface area contributed by atoms with E-state index in [0.29, 0.717) is 6.54 Å². The predicted octanol–water partition coefficient (Wildman–Crippen LogP) is 2.33. The number of rotatable bonds is 5. The third-order valence-electron chi connectivity index (χ3n) is 3.81. The first-order chi connectivity index (χ1) is 11.2. The highest BCUT2D eigenvalue weighted by Gasteiger charge is 2.15. The highest BCUT2D eigenvalue weighted by Crippen LogP contribution is 2.28. The minimum atomic E-state index is 0.0136. The number of nitrogens with one attached hydrogen (secondary N) is 1. The van der Waals surface area contributed by atoms with E-state index in [-0.39, 0.29) is 5.91 Å². The SMILES string of the molecule is CC(=O)NCCc1ccc(-c2csc(N3CCOCC3)n2)cc1. The Labute approximate surface area is 140 Å². The second kappa shape index (κ2) is 7.57. The van der Waals surface area contributed by atoms with Crippen LogP contribution in [0.3, 0.4) is 0 Å². The summed E-state index contributed by atoms with van der Waals surface area (Å²) in [5, 5.41) is 5.99. The van der Waals surface area contributed by atoms with Gasteiger partial charge >= 0.3 is 0 Å². The Kier molecular flexibility index (Phi) is 5.25. The van der Waals surface area contributed by atoms with Crippen LogP contribution in [0.15, 0.2) is 29.6 Å². The number of anilines is 1. The summed E-state index contributed by atoms with van der Waals surface area (Å²) in [6.45, 7) is 5.59. The first-order valence-corrected chi connectivity index (χ1v) is 8.72. The maximum Gasteiger partial charge on any atom is 0.216 e. The molecule has 1 aliphatic rings. The number of aromatic nitrogens is 1. The number of carbonyl (C=O) groups excluding carboxylic acids is 1. The Morgan fingerprint density at radius 3 is 2.74 bits per heavy atom. The third-order valence-corrected chi connectivity index (χ3v) is 4.71. The van der Waals surface area contributed by atoms with Crippen molar-refractivity contribution in [2.45, 2.75) is 13.3 Å². The van der Waals surface area contributed by atoms with Crippen molar-refractivity contribution < 1.29 is 9.53 Å². The standard InChI is InChI=1S/C17H21N3O2S/c1-13(21)18-7-6-14-2-4-15(5-3-14)16-12-23-17(19-16)20-8-10-22-11-9-20/h2-5,12H,6-11H2,1H3,(H,18,21). The molecule has 0 bridgehead atoms. The minimum absolute atomic E-state index is 0.0136. The molecule has 3 rings (SSSR count). The quantitative estimate of drug-likeness (QED) is 0.914. The summed E-state index contributed by atoms with van der Waals surface area (Å²) >= 11 is 1.68. The largest absolute Gasteiger partial charge is 0.378 e. The number of hydrogen-bond acceptors (Lipinski definition) is 5. The number of morpholine rings is 1. The maximum absolute atomic E-state index is 10.9. The van der Waals surface area contributed by atoms with Crippen LogP contribution >= 0.6 is 11.3 Å². The number of nitrogens with zero attached hydrogens (tertiary/aromatic N) is 2. The summed E-state index contributed by atoms with van der Waals surface area (Å²) < 4.78 is 5.38. The Balaban J connectivity index is 1.62. The van der Waals surface area contributed by atoms with E-state index in [0.717, 1.165) is 49.1 Å². The van der Waals surface area contributed by atoms with Crippen molar-refractivity contribution >= 4 is 22.4 Å². The molecule has 0 spiro atoms. The molecule has 2 aromatic rings. The summed E-state index contributed by atoms with van der Waals surface area (Å²) in [6, 6.07) is 8.40. The lowest BCUT2D eigenvalue weighted by Crippen LogP contribution is -2.36. The normalized spacial score (nSPS) is 14.7. The molecule has 1 saturated heterocycles. The Bertz CT molecular complexity index is 648. The number of ether oxygens (including phenoxy) is 1. The fraction of sp³-hybridized carbons (Fsp3) is 0.412. The number of carbonyl (C=O) groups is 1. The summed E-state index contributed by atoms with van der Waals surface area (Å²) in [6.07, 6.45) is 0.843. The summed E-state index contributed by atoms with van der Waals surface area (Å²) in [5.41, 5.74) is 3.36. The van der Waals surface area contributed by atoms with Crippen molar-refractivity contribution in [2.75, 3.05) is 37.7 Å². The second-order valence-electron chi connectivity index (χ2n) is 5.54. The van der Waals surface area contributed by atoms with Gasteiger partial charge in [-0.1, -0.05) is 24.3 Å². The van der Waals surface area contributed by atoms with Gasteiger partial charge in [0.25, 0.3) is 0 Å². The molecular weight excluding hydrogens is 310 g/mol. The molecule has 1 aromatic heterocycles. The molecule has 1 amide bonds. The topological polar surface area (TPSA) is 54.5 Å². The van der Waals surface area contributed by atoms with Gasteiger partial charge in [-0.25, -0.2) is 4.98 Å². The molecule has 0 unspecified atom stereocenters. The maximum atomic E-state index is 10.9. The molecule has 23 heavy (non-hydrogen) atoms. The fourth-order valence-electron chi connectivity index (χ4n) is 2.52.